The molecule has 2 nitrogen and oxygen atoms in total. The number of rotatable bonds is 12. The molecule has 0 aliphatic heterocycles. The molecule has 0 fully saturated rings. The molecule has 0 aromatic heterocycles. The molecule has 0 unspecified atom stereocenters. The molecule has 0 N–H and O–H groups in total. The summed E-state index contributed by atoms with van der Waals surface area (Å²) >= 11 is 0.851. The van der Waals surface area contributed by atoms with E-state index < -0.39 is 122 Å². The van der Waals surface area contributed by atoms with Gasteiger partial charge >= 0.3 is 0 Å². The lowest BCUT2D eigenvalue weighted by molar-refractivity contribution is -0.901. The van der Waals surface area contributed by atoms with E-state index in [4.69, 9.17) is 4.65 Å². The number of hydrogen-bond acceptors (Lipinski definition) is 2. The number of thioether (sulfide) groups is 1. The second-order valence-electron chi connectivity index (χ2n) is 11.5. The van der Waals surface area contributed by atoms with Gasteiger partial charge in [-0.2, -0.15) is 11.8 Å². The largest absolute Gasteiger partial charge is 0.578 e. The normalized spacial score (nSPS) is 12.3. The minimum atomic E-state index is -6.01. The van der Waals surface area contributed by atoms with Gasteiger partial charge in [0.25, 0.3) is 0 Å². The number of benzene rings is 4. The maximum atomic E-state index is 15.5. The first-order chi connectivity index (χ1) is 23.3. The third-order valence-corrected chi connectivity index (χ3v) is 8.77. The Kier molecular flexibility index (Phi) is 11.5. The smallest absolute Gasteiger partial charge is 0.216 e. The van der Waals surface area contributed by atoms with E-state index in [1.807, 2.05) is 12.1 Å². The molecule has 4 aromatic carbocycles. The van der Waals surface area contributed by atoms with E-state index >= 15 is 26.3 Å². The van der Waals surface area contributed by atoms with E-state index in [0.717, 1.165) is 17.3 Å². The van der Waals surface area contributed by atoms with Crippen molar-refractivity contribution in [2.24, 2.45) is 0 Å². The van der Waals surface area contributed by atoms with Gasteiger partial charge in [0, 0.05) is 23.7 Å². The van der Waals surface area contributed by atoms with Gasteiger partial charge in [-0.05, 0) is 0 Å². The monoisotopic (exact) mass is 751 g/mol. The van der Waals surface area contributed by atoms with Crippen LogP contribution in [-0.2, 0) is 11.2 Å². The summed E-state index contributed by atoms with van der Waals surface area (Å²) in [5.41, 5.74) is -7.46. The summed E-state index contributed by atoms with van der Waals surface area (Å²) in [4.78, 5) is 0. The van der Waals surface area contributed by atoms with Gasteiger partial charge in [0.2, 0.25) is 6.35 Å². The van der Waals surface area contributed by atoms with Gasteiger partial charge in [0.05, 0.1) is 20.6 Å². The Hall–Kier alpha value is -3.84. The minimum absolute atomic E-state index is 0.150. The van der Waals surface area contributed by atoms with Gasteiger partial charge in [-0.25, -0.2) is 65.9 Å². The first kappa shape index (κ1) is 39.0. The molecule has 0 saturated heterocycles. The highest BCUT2D eigenvalue weighted by Crippen LogP contribution is 2.29. The molecule has 4 aromatic rings. The Morgan fingerprint density at radius 1 is 0.480 bits per heavy atom. The van der Waals surface area contributed by atoms with Gasteiger partial charge in [-0.1, -0.05) is 46.7 Å². The lowest BCUT2D eigenvalue weighted by Crippen LogP contribution is -2.75. The van der Waals surface area contributed by atoms with Crippen molar-refractivity contribution >= 4 is 34.5 Å². The van der Waals surface area contributed by atoms with Crippen molar-refractivity contribution in [2.75, 3.05) is 38.8 Å². The lowest BCUT2D eigenvalue weighted by atomic mass is 9.27. The van der Waals surface area contributed by atoms with Crippen molar-refractivity contribution in [3.8, 4) is 0 Å². The van der Waals surface area contributed by atoms with Gasteiger partial charge in [0.15, 0.2) is 52.4 Å². The van der Waals surface area contributed by atoms with Crippen LogP contribution < -0.4 is 16.4 Å². The van der Waals surface area contributed by atoms with Gasteiger partial charge < -0.3 is 9.14 Å². The topological polar surface area (TPSA) is 9.23 Å². The molecule has 0 spiro atoms. The Labute approximate surface area is 278 Å². The third-order valence-electron chi connectivity index (χ3n) is 7.84. The standard InChI is InChI=1S/C31H21BF15NOS/c1-48(2,12-13-6-4-3-5-7-13)8-10-50-11-9-49-32(14-17(33)23(39)29(45)24(40)18(14)34,15-19(35)25(41)30(46)26(42)20(15)36)16-21(37)27(43)31(47)28(44)22(16)38/h3-7H,8-12H2,1-2H3. The number of hydrogen-bond donors (Lipinski definition) is 0. The Morgan fingerprint density at radius 3 is 1.14 bits per heavy atom. The van der Waals surface area contributed by atoms with Crippen molar-refractivity contribution in [1.82, 2.24) is 0 Å². The molecule has 0 radical (unpaired) electrons. The van der Waals surface area contributed by atoms with E-state index in [-0.39, 0.29) is 5.75 Å². The van der Waals surface area contributed by atoms with E-state index in [0.29, 0.717) is 17.6 Å². The average molecular weight is 751 g/mol. The molecule has 0 saturated carbocycles. The van der Waals surface area contributed by atoms with Crippen LogP contribution >= 0.6 is 11.8 Å². The zero-order valence-electron chi connectivity index (χ0n) is 25.4. The molecule has 19 heteroatoms. The highest BCUT2D eigenvalue weighted by molar-refractivity contribution is 7.99. The van der Waals surface area contributed by atoms with Gasteiger partial charge in [0.1, 0.15) is 41.4 Å². The minimum Gasteiger partial charge on any atom is -0.578 e. The van der Waals surface area contributed by atoms with E-state index in [9.17, 15) is 39.5 Å². The van der Waals surface area contributed by atoms with Crippen LogP contribution in [0.5, 0.6) is 0 Å². The molecule has 0 heterocycles. The van der Waals surface area contributed by atoms with E-state index in [1.165, 1.54) is 0 Å². The molecular formula is C31H21BF15NOS. The van der Waals surface area contributed by atoms with Crippen molar-refractivity contribution < 1.29 is 75.0 Å². The average Bonchev–Trinajstić information content (AvgIpc) is 3.08. The first-order valence-corrected chi connectivity index (χ1v) is 15.2. The highest BCUT2D eigenvalue weighted by atomic mass is 32.2. The van der Waals surface area contributed by atoms with E-state index in [1.54, 1.807) is 32.3 Å². The van der Waals surface area contributed by atoms with Crippen LogP contribution in [0.4, 0.5) is 65.9 Å². The van der Waals surface area contributed by atoms with Gasteiger partial charge in [-0.15, -0.1) is 0 Å². The summed E-state index contributed by atoms with van der Waals surface area (Å²) < 4.78 is 228. The summed E-state index contributed by atoms with van der Waals surface area (Å²) in [7, 11) is 3.60. The summed E-state index contributed by atoms with van der Waals surface area (Å²) in [6.07, 6.45) is -6.01. The molecule has 4 rings (SSSR count). The molecule has 0 bridgehead atoms. The molecule has 0 aliphatic carbocycles. The van der Waals surface area contributed by atoms with Crippen LogP contribution in [0.2, 0.25) is 0 Å². The number of nitrogens with zero attached hydrogens (tertiary/aromatic N) is 1. The summed E-state index contributed by atoms with van der Waals surface area (Å²) in [6, 6.07) is 9.03. The fraction of sp³-hybridized carbons (Fsp3) is 0.226. The summed E-state index contributed by atoms with van der Waals surface area (Å²) in [6.45, 7) is -0.497. The molecule has 0 amide bonds. The third kappa shape index (κ3) is 6.78. The fourth-order valence-electron chi connectivity index (χ4n) is 5.47. The van der Waals surface area contributed by atoms with Crippen LogP contribution in [-0.4, -0.2) is 49.6 Å². The van der Waals surface area contributed by atoms with Crippen molar-refractivity contribution in [2.45, 2.75) is 6.54 Å². The Balaban J connectivity index is 1.95. The zero-order valence-corrected chi connectivity index (χ0v) is 26.2. The van der Waals surface area contributed by atoms with Crippen LogP contribution in [0.1, 0.15) is 5.56 Å². The molecule has 50 heavy (non-hydrogen) atoms. The van der Waals surface area contributed by atoms with Crippen LogP contribution in [0.3, 0.4) is 0 Å². The van der Waals surface area contributed by atoms with Crippen LogP contribution in [0.15, 0.2) is 30.3 Å². The predicted molar refractivity (Wildman–Crippen MR) is 154 cm³/mol. The fourth-order valence-corrected chi connectivity index (χ4v) is 6.52. The van der Waals surface area contributed by atoms with Crippen LogP contribution in [0, 0.1) is 87.3 Å². The maximum Gasteiger partial charge on any atom is 0.216 e. The number of quaternary nitrogens is 1. The van der Waals surface area contributed by atoms with E-state index in [2.05, 4.69) is 0 Å². The second-order valence-corrected chi connectivity index (χ2v) is 12.7. The molecular weight excluding hydrogens is 730 g/mol. The quantitative estimate of drug-likeness (QED) is 0.0395. The molecule has 270 valence electrons. The van der Waals surface area contributed by atoms with Crippen molar-refractivity contribution in [1.29, 1.82) is 0 Å². The zero-order chi connectivity index (χ0) is 37.5. The van der Waals surface area contributed by atoms with Crippen LogP contribution in [0.25, 0.3) is 0 Å². The Bertz CT molecular complexity index is 1690. The Morgan fingerprint density at radius 2 is 0.800 bits per heavy atom. The summed E-state index contributed by atoms with van der Waals surface area (Å²) in [5, 5.41) is 0. The lowest BCUT2D eigenvalue weighted by Gasteiger charge is -2.44. The molecule has 0 atom stereocenters. The summed E-state index contributed by atoms with van der Waals surface area (Å²) in [5.74, 6) is -46.5. The second kappa shape index (κ2) is 14.8. The van der Waals surface area contributed by atoms with Gasteiger partial charge in [-0.3, -0.25) is 0 Å². The predicted octanol–water partition coefficient (Wildman–Crippen LogP) is 6.77. The maximum absolute atomic E-state index is 15.5. The highest BCUT2D eigenvalue weighted by Gasteiger charge is 2.49. The molecule has 0 aliphatic rings. The SMILES string of the molecule is C[N+](C)(CCSCCO[B-](c1c(F)c(F)c(F)c(F)c1F)(c1c(F)c(F)c(F)c(F)c1F)c1c(F)c(F)c(F)c(F)c1F)Cc1ccccc1. The first-order valence-electron chi connectivity index (χ1n) is 14.1. The van der Waals surface area contributed by atoms with Crippen molar-refractivity contribution in [3.63, 3.8) is 0 Å². The van der Waals surface area contributed by atoms with Crippen molar-refractivity contribution in [3.05, 3.63) is 123 Å². The number of halogens is 15.